The van der Waals surface area contributed by atoms with E-state index < -0.39 is 15.6 Å². The van der Waals surface area contributed by atoms with Gasteiger partial charge in [-0.15, -0.1) is 5.10 Å². The number of nitrogens with zero attached hydrogens (tertiary/aromatic N) is 5. The van der Waals surface area contributed by atoms with E-state index in [1.807, 2.05) is 39.0 Å². The number of sulfonamides is 1. The summed E-state index contributed by atoms with van der Waals surface area (Å²) >= 11 is 0. The van der Waals surface area contributed by atoms with Crippen molar-refractivity contribution in [3.8, 4) is 11.3 Å². The second-order valence-electron chi connectivity index (χ2n) is 11.0. The largest absolute Gasteiger partial charge is 0.323 e. The Morgan fingerprint density at radius 3 is 2.47 bits per heavy atom. The highest BCUT2D eigenvalue weighted by atomic mass is 32.2. The lowest BCUT2D eigenvalue weighted by atomic mass is 10.0. The van der Waals surface area contributed by atoms with Gasteiger partial charge >= 0.3 is 0 Å². The second-order valence-corrected chi connectivity index (χ2v) is 12.7. The zero-order chi connectivity index (χ0) is 27.1. The molecule has 2 N–H and O–H groups in total. The molecule has 200 valence electrons. The van der Waals surface area contributed by atoms with Gasteiger partial charge in [-0.3, -0.25) is 4.90 Å². The highest BCUT2D eigenvalue weighted by molar-refractivity contribution is 7.89. The van der Waals surface area contributed by atoms with E-state index in [9.17, 15) is 8.42 Å². The Hall–Kier alpha value is -3.31. The van der Waals surface area contributed by atoms with E-state index in [1.165, 1.54) is 5.56 Å². The molecule has 0 bridgehead atoms. The van der Waals surface area contributed by atoms with Crippen molar-refractivity contribution in [2.75, 3.05) is 39.0 Å². The maximum Gasteiger partial charge on any atom is 0.245 e. The molecule has 10 heteroatoms. The summed E-state index contributed by atoms with van der Waals surface area (Å²) in [6.07, 6.45) is 1.75. The van der Waals surface area contributed by atoms with Crippen LogP contribution in [0, 0.1) is 0 Å². The van der Waals surface area contributed by atoms with Gasteiger partial charge in [0.05, 0.1) is 22.3 Å². The van der Waals surface area contributed by atoms with Crippen molar-refractivity contribution in [2.24, 2.45) is 0 Å². The smallest absolute Gasteiger partial charge is 0.245 e. The summed E-state index contributed by atoms with van der Waals surface area (Å²) in [5.41, 5.74) is 3.94. The van der Waals surface area contributed by atoms with Gasteiger partial charge in [0.2, 0.25) is 16.0 Å². The van der Waals surface area contributed by atoms with Crippen LogP contribution in [0.15, 0.2) is 71.8 Å². The fourth-order valence-corrected chi connectivity index (χ4v) is 6.21. The first-order chi connectivity index (χ1) is 18.0. The van der Waals surface area contributed by atoms with Crippen LogP contribution in [-0.4, -0.2) is 72.1 Å². The first-order valence-corrected chi connectivity index (χ1v) is 14.2. The number of rotatable bonds is 6. The third-order valence-corrected chi connectivity index (χ3v) is 8.44. The van der Waals surface area contributed by atoms with E-state index >= 15 is 0 Å². The first-order valence-electron chi connectivity index (χ1n) is 12.7. The lowest BCUT2D eigenvalue weighted by Gasteiger charge is -2.38. The van der Waals surface area contributed by atoms with Gasteiger partial charge in [-0.25, -0.2) is 22.6 Å². The molecule has 3 heterocycles. The van der Waals surface area contributed by atoms with E-state index in [0.717, 1.165) is 42.1 Å². The number of nitrogens with one attached hydrogen (secondary N) is 2. The Balaban J connectivity index is 1.39. The fraction of sp³-hybridized carbons (Fsp3) is 0.357. The number of fused-ring (bicyclic) bond motifs is 1. The minimum absolute atomic E-state index is 0.210. The first kappa shape index (κ1) is 26.3. The molecule has 1 fully saturated rings. The van der Waals surface area contributed by atoms with Crippen molar-refractivity contribution in [2.45, 2.75) is 37.2 Å². The molecule has 0 amide bonds. The molecule has 1 saturated heterocycles. The van der Waals surface area contributed by atoms with Crippen LogP contribution in [0.3, 0.4) is 0 Å². The third-order valence-electron chi connectivity index (χ3n) is 6.68. The Labute approximate surface area is 224 Å². The Bertz CT molecular complexity index is 1540. The predicted octanol–water partition coefficient (Wildman–Crippen LogP) is 4.14. The van der Waals surface area contributed by atoms with Crippen molar-refractivity contribution in [1.29, 1.82) is 0 Å². The van der Waals surface area contributed by atoms with Crippen molar-refractivity contribution in [3.05, 3.63) is 72.4 Å². The standard InChI is InChI=1S/C28H35N7O2S/c1-28(2,3)32-38(36,37)24-8-6-7-21(17-24)25-14-13-23-18-29-27(31-35(23)25)30-22-11-9-20(10-12-22)26-19-33(4)15-16-34(26)5/h6-14,17-18,26,32H,15-16,19H2,1-5H3,(H,30,31). The van der Waals surface area contributed by atoms with Crippen LogP contribution in [-0.2, 0) is 10.0 Å². The van der Waals surface area contributed by atoms with E-state index in [1.54, 1.807) is 28.9 Å². The van der Waals surface area contributed by atoms with Crippen molar-refractivity contribution in [3.63, 3.8) is 0 Å². The molecule has 0 aliphatic carbocycles. The van der Waals surface area contributed by atoms with Crippen molar-refractivity contribution in [1.82, 2.24) is 29.1 Å². The van der Waals surface area contributed by atoms with Gasteiger partial charge in [-0.05, 0) is 76.8 Å². The monoisotopic (exact) mass is 533 g/mol. The molecule has 0 saturated carbocycles. The van der Waals surface area contributed by atoms with Gasteiger partial charge in [-0.1, -0.05) is 24.3 Å². The minimum atomic E-state index is -3.66. The topological polar surface area (TPSA) is 94.9 Å². The number of benzene rings is 2. The molecule has 2 aromatic carbocycles. The number of hydrogen-bond donors (Lipinski definition) is 2. The van der Waals surface area contributed by atoms with E-state index in [0.29, 0.717) is 12.0 Å². The van der Waals surface area contributed by atoms with Gasteiger partial charge < -0.3 is 10.2 Å². The fourth-order valence-electron chi connectivity index (χ4n) is 4.75. The quantitative estimate of drug-likeness (QED) is 0.385. The summed E-state index contributed by atoms with van der Waals surface area (Å²) in [6, 6.07) is 19.5. The average molecular weight is 534 g/mol. The van der Waals surface area contributed by atoms with E-state index in [2.05, 4.69) is 63.2 Å². The molecule has 1 aliphatic heterocycles. The molecular weight excluding hydrogens is 498 g/mol. The Kier molecular flexibility index (Phi) is 6.99. The summed E-state index contributed by atoms with van der Waals surface area (Å²) in [5, 5.41) is 8.01. The van der Waals surface area contributed by atoms with Crippen molar-refractivity contribution < 1.29 is 8.42 Å². The average Bonchev–Trinajstić information content (AvgIpc) is 3.28. The molecule has 2 aromatic heterocycles. The van der Waals surface area contributed by atoms with Crippen LogP contribution in [0.5, 0.6) is 0 Å². The molecular formula is C28H35N7O2S. The SMILES string of the molecule is CN1CCN(C)C(c2ccc(Nc3ncc4ccc(-c5cccc(S(=O)(=O)NC(C)(C)C)c5)n4n3)cc2)C1. The zero-order valence-electron chi connectivity index (χ0n) is 22.5. The molecule has 0 spiro atoms. The summed E-state index contributed by atoms with van der Waals surface area (Å²) in [5.74, 6) is 0.454. The lowest BCUT2D eigenvalue weighted by molar-refractivity contribution is 0.115. The van der Waals surface area contributed by atoms with Crippen LogP contribution in [0.1, 0.15) is 32.4 Å². The summed E-state index contributed by atoms with van der Waals surface area (Å²) in [7, 11) is 0.676. The number of hydrogen-bond acceptors (Lipinski definition) is 7. The normalized spacial score (nSPS) is 17.7. The van der Waals surface area contributed by atoms with E-state index in [-0.39, 0.29) is 4.90 Å². The van der Waals surface area contributed by atoms with Crippen LogP contribution < -0.4 is 10.0 Å². The highest BCUT2D eigenvalue weighted by Crippen LogP contribution is 2.27. The number of anilines is 2. The molecule has 5 rings (SSSR count). The van der Waals surface area contributed by atoms with Gasteiger partial charge in [-0.2, -0.15) is 0 Å². The van der Waals surface area contributed by atoms with Crippen LogP contribution in [0.25, 0.3) is 16.8 Å². The molecule has 1 unspecified atom stereocenters. The van der Waals surface area contributed by atoms with Crippen molar-refractivity contribution >= 4 is 27.2 Å². The predicted molar refractivity (Wildman–Crippen MR) is 151 cm³/mol. The van der Waals surface area contributed by atoms with Gasteiger partial charge in [0.25, 0.3) is 0 Å². The van der Waals surface area contributed by atoms with Crippen LogP contribution in [0.2, 0.25) is 0 Å². The number of piperazine rings is 1. The van der Waals surface area contributed by atoms with Gasteiger partial charge in [0.1, 0.15) is 0 Å². The van der Waals surface area contributed by atoms with E-state index in [4.69, 9.17) is 5.10 Å². The molecule has 38 heavy (non-hydrogen) atoms. The summed E-state index contributed by atoms with van der Waals surface area (Å²) in [6.45, 7) is 8.61. The Morgan fingerprint density at radius 2 is 1.74 bits per heavy atom. The molecule has 1 aliphatic rings. The molecule has 9 nitrogen and oxygen atoms in total. The minimum Gasteiger partial charge on any atom is -0.323 e. The summed E-state index contributed by atoms with van der Waals surface area (Å²) in [4.78, 5) is 9.44. The molecule has 1 atom stereocenters. The van der Waals surface area contributed by atoms with Gasteiger partial charge in [0.15, 0.2) is 0 Å². The maximum absolute atomic E-state index is 12.9. The highest BCUT2D eigenvalue weighted by Gasteiger charge is 2.24. The molecule has 0 radical (unpaired) electrons. The molecule has 4 aromatic rings. The lowest BCUT2D eigenvalue weighted by Crippen LogP contribution is -2.44. The maximum atomic E-state index is 12.9. The van der Waals surface area contributed by atoms with Crippen LogP contribution >= 0.6 is 0 Å². The second kappa shape index (κ2) is 10.1. The third kappa shape index (κ3) is 5.73. The number of aromatic nitrogens is 3. The zero-order valence-corrected chi connectivity index (χ0v) is 23.3. The van der Waals surface area contributed by atoms with Gasteiger partial charge in [0, 0.05) is 42.5 Å². The summed E-state index contributed by atoms with van der Waals surface area (Å²) < 4.78 is 30.3. The van der Waals surface area contributed by atoms with Crippen LogP contribution in [0.4, 0.5) is 11.6 Å². The number of likely N-dealkylation sites (N-methyl/N-ethyl adjacent to an activating group) is 2. The Morgan fingerprint density at radius 1 is 0.974 bits per heavy atom.